The molecule has 9 heteroatoms. The number of benzene rings is 6. The standard InChI is InChI=1S/C39H20B5N3O/c40-32-30(33(41)35(43)36(44)34(32)42)23-13-7-14-24(19-23)38-45-37(22-11-5-2-6-12-22)46-39(47-38)25-17-18-27-29(20-25)48-28-16-8-15-26(31(27)28)21-9-3-1-4-10-21/h1-20H. The lowest BCUT2D eigenvalue weighted by Gasteiger charge is -2.21. The second-order valence-electron chi connectivity index (χ2n) is 11.6. The molecule has 6 aromatic carbocycles. The Balaban J connectivity index is 1.29. The van der Waals surface area contributed by atoms with E-state index in [0.717, 1.165) is 49.8 Å². The number of fused-ring (bicyclic) bond motifs is 3. The van der Waals surface area contributed by atoms with Gasteiger partial charge in [-0.3, -0.25) is 0 Å². The number of hydrogen-bond acceptors (Lipinski definition) is 4. The smallest absolute Gasteiger partial charge is 0.164 e. The van der Waals surface area contributed by atoms with Gasteiger partial charge in [0.1, 0.15) is 50.4 Å². The summed E-state index contributed by atoms with van der Waals surface area (Å²) < 4.78 is 6.40. The molecule has 0 aliphatic carbocycles. The lowest BCUT2D eigenvalue weighted by atomic mass is 9.59. The first-order valence-electron chi connectivity index (χ1n) is 15.3. The molecule has 0 saturated carbocycles. The summed E-state index contributed by atoms with van der Waals surface area (Å²) in [5.41, 5.74) is 8.39. The maximum Gasteiger partial charge on any atom is 0.164 e. The van der Waals surface area contributed by atoms with E-state index in [4.69, 9.17) is 58.6 Å². The zero-order valence-corrected chi connectivity index (χ0v) is 25.7. The van der Waals surface area contributed by atoms with E-state index < -0.39 is 0 Å². The maximum atomic E-state index is 6.40. The fourth-order valence-corrected chi connectivity index (χ4v) is 6.15. The van der Waals surface area contributed by atoms with Crippen LogP contribution in [0.2, 0.25) is 0 Å². The molecule has 0 saturated heterocycles. The van der Waals surface area contributed by atoms with Crippen molar-refractivity contribution in [3.05, 3.63) is 121 Å². The summed E-state index contributed by atoms with van der Waals surface area (Å²) in [5.74, 6) is 1.48. The van der Waals surface area contributed by atoms with Gasteiger partial charge in [-0.25, -0.2) is 15.0 Å². The van der Waals surface area contributed by atoms with Crippen LogP contribution in [-0.2, 0) is 0 Å². The van der Waals surface area contributed by atoms with Crippen LogP contribution in [-0.4, -0.2) is 54.2 Å². The van der Waals surface area contributed by atoms with Gasteiger partial charge in [-0.15, -0.1) is 16.4 Å². The van der Waals surface area contributed by atoms with Gasteiger partial charge in [-0.1, -0.05) is 108 Å². The van der Waals surface area contributed by atoms with Crippen molar-refractivity contribution >= 4 is 88.5 Å². The number of hydrogen-bond donors (Lipinski definition) is 0. The number of rotatable bonds is 5. The first-order valence-corrected chi connectivity index (χ1v) is 15.3. The van der Waals surface area contributed by atoms with E-state index in [-0.39, 0.29) is 27.3 Å². The summed E-state index contributed by atoms with van der Waals surface area (Å²) >= 11 is 0. The van der Waals surface area contributed by atoms with Crippen molar-refractivity contribution in [2.75, 3.05) is 0 Å². The highest BCUT2D eigenvalue weighted by Gasteiger charge is 2.18. The topological polar surface area (TPSA) is 51.8 Å². The lowest BCUT2D eigenvalue weighted by molar-refractivity contribution is 0.669. The van der Waals surface area contributed by atoms with E-state index in [1.165, 1.54) is 0 Å². The van der Waals surface area contributed by atoms with Gasteiger partial charge in [0, 0.05) is 27.5 Å². The normalized spacial score (nSPS) is 11.3. The zero-order valence-electron chi connectivity index (χ0n) is 25.7. The first kappa shape index (κ1) is 29.8. The fourth-order valence-electron chi connectivity index (χ4n) is 6.15. The summed E-state index contributed by atoms with van der Waals surface area (Å²) in [6, 6.07) is 39.9. The highest BCUT2D eigenvalue weighted by Crippen LogP contribution is 2.38. The van der Waals surface area contributed by atoms with Gasteiger partial charge in [-0.2, -0.15) is 0 Å². The zero-order chi connectivity index (χ0) is 32.9. The quantitative estimate of drug-likeness (QED) is 0.280. The predicted octanol–water partition coefficient (Wildman–Crippen LogP) is 4.08. The molecule has 2 heterocycles. The molecular formula is C39H20B5N3O. The van der Waals surface area contributed by atoms with E-state index in [2.05, 4.69) is 24.3 Å². The van der Waals surface area contributed by atoms with Crippen molar-refractivity contribution in [1.82, 2.24) is 15.0 Å². The van der Waals surface area contributed by atoms with Crippen LogP contribution in [0.5, 0.6) is 0 Å². The second-order valence-corrected chi connectivity index (χ2v) is 11.6. The van der Waals surface area contributed by atoms with E-state index in [9.17, 15) is 0 Å². The van der Waals surface area contributed by atoms with E-state index in [1.54, 1.807) is 0 Å². The first-order chi connectivity index (χ1) is 23.4. The molecule has 0 amide bonds. The van der Waals surface area contributed by atoms with Crippen LogP contribution in [0.25, 0.3) is 78.4 Å². The van der Waals surface area contributed by atoms with Gasteiger partial charge in [-0.05, 0) is 46.5 Å². The summed E-state index contributed by atoms with van der Waals surface area (Å²) in [4.78, 5) is 14.8. The van der Waals surface area contributed by atoms with Crippen molar-refractivity contribution in [2.45, 2.75) is 0 Å². The molecule has 0 spiro atoms. The van der Waals surface area contributed by atoms with Crippen molar-refractivity contribution in [3.63, 3.8) is 0 Å². The number of aromatic nitrogens is 3. The Kier molecular flexibility index (Phi) is 7.41. The van der Waals surface area contributed by atoms with Crippen molar-refractivity contribution in [3.8, 4) is 56.4 Å². The van der Waals surface area contributed by atoms with Gasteiger partial charge >= 0.3 is 0 Å². The average Bonchev–Trinajstić information content (AvgIpc) is 3.52. The van der Waals surface area contributed by atoms with E-state index in [0.29, 0.717) is 28.6 Å². The molecule has 0 N–H and O–H groups in total. The number of nitrogens with zero attached hydrogens (tertiary/aromatic N) is 3. The van der Waals surface area contributed by atoms with Crippen molar-refractivity contribution in [2.24, 2.45) is 0 Å². The molecule has 48 heavy (non-hydrogen) atoms. The summed E-state index contributed by atoms with van der Waals surface area (Å²) in [7, 11) is 31.2. The van der Waals surface area contributed by atoms with Crippen molar-refractivity contribution < 1.29 is 4.42 Å². The van der Waals surface area contributed by atoms with Crippen molar-refractivity contribution in [1.29, 1.82) is 0 Å². The molecule has 10 radical (unpaired) electrons. The fraction of sp³-hybridized carbons (Fsp3) is 0. The lowest BCUT2D eigenvalue weighted by Crippen LogP contribution is -2.55. The van der Waals surface area contributed by atoms with Gasteiger partial charge in [0.15, 0.2) is 17.5 Å². The largest absolute Gasteiger partial charge is 0.456 e. The Bertz CT molecular complexity index is 2490. The molecule has 8 rings (SSSR count). The highest BCUT2D eigenvalue weighted by molar-refractivity contribution is 6.68. The Morgan fingerprint density at radius 3 is 1.58 bits per heavy atom. The second kappa shape index (κ2) is 11.9. The Morgan fingerprint density at radius 2 is 0.917 bits per heavy atom. The molecular weight excluding hydrogens is 581 g/mol. The molecule has 212 valence electrons. The number of furan rings is 1. The van der Waals surface area contributed by atoms with Crippen LogP contribution in [0, 0.1) is 0 Å². The third kappa shape index (κ3) is 5.07. The minimum Gasteiger partial charge on any atom is -0.456 e. The SMILES string of the molecule is [B]c1c([B])c([B])c(-c2cccc(-c3nc(-c4ccccc4)nc(-c4ccc5c(c4)oc4cccc(-c6ccccc6)c45)n3)c2)c([B])c1[B]. The van der Waals surface area contributed by atoms with Crippen LogP contribution in [0.15, 0.2) is 126 Å². The average molecular weight is 601 g/mol. The van der Waals surface area contributed by atoms with Crippen LogP contribution < -0.4 is 27.3 Å². The third-order valence-corrected chi connectivity index (χ3v) is 8.62. The summed E-state index contributed by atoms with van der Waals surface area (Å²) in [5, 5.41) is 2.07. The maximum absolute atomic E-state index is 6.40. The van der Waals surface area contributed by atoms with Gasteiger partial charge in [0.2, 0.25) is 0 Å². The molecule has 0 unspecified atom stereocenters. The molecule has 4 nitrogen and oxygen atoms in total. The monoisotopic (exact) mass is 601 g/mol. The van der Waals surface area contributed by atoms with Gasteiger partial charge in [0.25, 0.3) is 0 Å². The molecule has 0 aliphatic heterocycles. The van der Waals surface area contributed by atoms with Crippen LogP contribution in [0.4, 0.5) is 0 Å². The molecule has 0 bridgehead atoms. The Morgan fingerprint density at radius 1 is 0.396 bits per heavy atom. The molecule has 0 fully saturated rings. The summed E-state index contributed by atoms with van der Waals surface area (Å²) in [6.07, 6.45) is 0. The molecule has 0 atom stereocenters. The highest BCUT2D eigenvalue weighted by atomic mass is 16.3. The Labute approximate surface area is 284 Å². The Hall–Kier alpha value is -5.55. The van der Waals surface area contributed by atoms with Crippen LogP contribution in [0.3, 0.4) is 0 Å². The molecule has 8 aromatic rings. The minimum atomic E-state index is 0.164. The van der Waals surface area contributed by atoms with Crippen LogP contribution in [0.1, 0.15) is 0 Å². The third-order valence-electron chi connectivity index (χ3n) is 8.62. The van der Waals surface area contributed by atoms with Gasteiger partial charge in [0.05, 0.1) is 0 Å². The van der Waals surface area contributed by atoms with E-state index in [1.807, 2.05) is 97.1 Å². The summed E-state index contributed by atoms with van der Waals surface area (Å²) in [6.45, 7) is 0. The molecule has 0 aliphatic rings. The van der Waals surface area contributed by atoms with Crippen LogP contribution >= 0.6 is 0 Å². The molecule has 2 aromatic heterocycles. The van der Waals surface area contributed by atoms with Gasteiger partial charge < -0.3 is 4.42 Å². The minimum absolute atomic E-state index is 0.164. The van der Waals surface area contributed by atoms with E-state index >= 15 is 0 Å². The predicted molar refractivity (Wildman–Crippen MR) is 201 cm³/mol.